The van der Waals surface area contributed by atoms with E-state index in [-0.39, 0.29) is 22.8 Å². The van der Waals surface area contributed by atoms with Gasteiger partial charge in [0.1, 0.15) is 5.75 Å². The van der Waals surface area contributed by atoms with Gasteiger partial charge in [0.2, 0.25) is 5.95 Å². The van der Waals surface area contributed by atoms with E-state index in [0.717, 1.165) is 12.1 Å². The zero-order chi connectivity index (χ0) is 21.3. The highest BCUT2D eigenvalue weighted by Gasteiger charge is 2.31. The Balaban J connectivity index is 1.42. The van der Waals surface area contributed by atoms with Crippen molar-refractivity contribution in [1.82, 2.24) is 14.9 Å². The summed E-state index contributed by atoms with van der Waals surface area (Å²) in [6.45, 7) is 1.69. The summed E-state index contributed by atoms with van der Waals surface area (Å²) in [6.07, 6.45) is -4.78. The smallest absolute Gasteiger partial charge is 0.406 e. The van der Waals surface area contributed by atoms with Crippen LogP contribution in [0, 0.1) is 0 Å². The maximum absolute atomic E-state index is 12.6. The van der Waals surface area contributed by atoms with Gasteiger partial charge in [0.15, 0.2) is 0 Å². The molecule has 1 aliphatic heterocycles. The molecule has 156 valence electrons. The molecule has 10 heteroatoms. The summed E-state index contributed by atoms with van der Waals surface area (Å²) in [6, 6.07) is 11.9. The molecule has 4 rings (SSSR count). The summed E-state index contributed by atoms with van der Waals surface area (Å²) in [5.74, 6) is -0.220. The van der Waals surface area contributed by atoms with Gasteiger partial charge in [-0.2, -0.15) is 0 Å². The minimum Gasteiger partial charge on any atom is -0.406 e. The van der Waals surface area contributed by atoms with Crippen LogP contribution in [-0.4, -0.2) is 53.3 Å². The Kier molecular flexibility index (Phi) is 5.06. The highest BCUT2D eigenvalue weighted by molar-refractivity contribution is 5.94. The summed E-state index contributed by atoms with van der Waals surface area (Å²) >= 11 is 0. The summed E-state index contributed by atoms with van der Waals surface area (Å²) in [5.41, 5.74) is 0.640. The molecule has 2 aromatic carbocycles. The van der Waals surface area contributed by atoms with E-state index < -0.39 is 6.36 Å². The topological polar surface area (TPSA) is 78.5 Å². The molecule has 7 nitrogen and oxygen atoms in total. The van der Waals surface area contributed by atoms with Crippen molar-refractivity contribution in [3.63, 3.8) is 0 Å². The number of hydrogen-bond acceptors (Lipinski definition) is 5. The average molecular weight is 418 g/mol. The molecule has 0 unspecified atom stereocenters. The third kappa shape index (κ3) is 4.22. The van der Waals surface area contributed by atoms with Crippen LogP contribution in [0.5, 0.6) is 5.75 Å². The highest BCUT2D eigenvalue weighted by atomic mass is 19.4. The lowest BCUT2D eigenvalue weighted by Gasteiger charge is -2.35. The van der Waals surface area contributed by atoms with Crippen LogP contribution in [0.2, 0.25) is 0 Å². The minimum absolute atomic E-state index is 0.227. The Hall–Kier alpha value is -3.56. The monoisotopic (exact) mass is 418 g/mol. The lowest BCUT2D eigenvalue weighted by atomic mass is 10.1. The Morgan fingerprint density at radius 2 is 1.67 bits per heavy atom. The van der Waals surface area contributed by atoms with Gasteiger partial charge in [0.25, 0.3) is 11.5 Å². The molecule has 0 aliphatic carbocycles. The number of aromatic amines is 1. The van der Waals surface area contributed by atoms with Crippen molar-refractivity contribution in [2.45, 2.75) is 6.36 Å². The standard InChI is InChI=1S/C20H17F3N4O3/c21-20(22,23)30-14-7-5-13(6-8-14)18(29)26-9-11-27(12-10-26)19-24-16-4-2-1-3-15(16)17(28)25-19/h1-8H,9-12H2,(H,24,25,28). The van der Waals surface area contributed by atoms with E-state index in [1.54, 1.807) is 29.2 Å². The number of anilines is 1. The Morgan fingerprint density at radius 1 is 1.00 bits per heavy atom. The van der Waals surface area contributed by atoms with Gasteiger partial charge in [0.05, 0.1) is 10.9 Å². The van der Waals surface area contributed by atoms with Gasteiger partial charge >= 0.3 is 6.36 Å². The zero-order valence-electron chi connectivity index (χ0n) is 15.6. The number of hydrogen-bond donors (Lipinski definition) is 1. The number of fused-ring (bicyclic) bond motifs is 1. The zero-order valence-corrected chi connectivity index (χ0v) is 15.6. The van der Waals surface area contributed by atoms with Crippen molar-refractivity contribution in [2.75, 3.05) is 31.1 Å². The Morgan fingerprint density at radius 3 is 2.33 bits per heavy atom. The molecule has 1 saturated heterocycles. The van der Waals surface area contributed by atoms with Crippen LogP contribution in [0.25, 0.3) is 10.9 Å². The van der Waals surface area contributed by atoms with Gasteiger partial charge in [-0.05, 0) is 36.4 Å². The van der Waals surface area contributed by atoms with Gasteiger partial charge in [0, 0.05) is 31.7 Å². The predicted octanol–water partition coefficient (Wildman–Crippen LogP) is 2.78. The normalized spacial score (nSPS) is 14.8. The number of H-pyrrole nitrogens is 1. The van der Waals surface area contributed by atoms with E-state index >= 15 is 0 Å². The third-order valence-electron chi connectivity index (χ3n) is 4.80. The molecule has 0 atom stereocenters. The number of ether oxygens (including phenoxy) is 1. The average Bonchev–Trinajstić information content (AvgIpc) is 2.73. The fourth-order valence-electron chi connectivity index (χ4n) is 3.33. The van der Waals surface area contributed by atoms with E-state index in [1.807, 2.05) is 4.90 Å². The molecule has 0 saturated carbocycles. The lowest BCUT2D eigenvalue weighted by molar-refractivity contribution is -0.274. The minimum atomic E-state index is -4.78. The third-order valence-corrected chi connectivity index (χ3v) is 4.80. The summed E-state index contributed by atoms with van der Waals surface area (Å²) in [7, 11) is 0. The number of amides is 1. The fourth-order valence-corrected chi connectivity index (χ4v) is 3.33. The molecule has 1 N–H and O–H groups in total. The Bertz CT molecular complexity index is 1120. The van der Waals surface area contributed by atoms with Crippen molar-refractivity contribution < 1.29 is 22.7 Å². The second kappa shape index (κ2) is 7.69. The quantitative estimate of drug-likeness (QED) is 0.708. The number of alkyl halides is 3. The number of piperazine rings is 1. The number of nitrogens with one attached hydrogen (secondary N) is 1. The van der Waals surface area contributed by atoms with Crippen LogP contribution in [0.1, 0.15) is 10.4 Å². The van der Waals surface area contributed by atoms with Gasteiger partial charge in [-0.1, -0.05) is 12.1 Å². The number of halogens is 3. The van der Waals surface area contributed by atoms with Crippen LogP contribution in [0.15, 0.2) is 53.3 Å². The first-order chi connectivity index (χ1) is 14.3. The van der Waals surface area contributed by atoms with E-state index in [1.165, 1.54) is 12.1 Å². The van der Waals surface area contributed by atoms with Crippen LogP contribution in [0.4, 0.5) is 19.1 Å². The predicted molar refractivity (Wildman–Crippen MR) is 104 cm³/mol. The number of aromatic nitrogens is 2. The van der Waals surface area contributed by atoms with E-state index in [2.05, 4.69) is 14.7 Å². The maximum Gasteiger partial charge on any atom is 0.573 e. The molecule has 0 radical (unpaired) electrons. The molecular formula is C20H17F3N4O3. The second-order valence-corrected chi connectivity index (χ2v) is 6.76. The van der Waals surface area contributed by atoms with Crippen molar-refractivity contribution in [3.8, 4) is 5.75 Å². The summed E-state index contributed by atoms with van der Waals surface area (Å²) < 4.78 is 40.6. The molecule has 3 aromatic rings. The lowest BCUT2D eigenvalue weighted by Crippen LogP contribution is -2.49. The van der Waals surface area contributed by atoms with Gasteiger partial charge in [-0.15, -0.1) is 13.2 Å². The first kappa shape index (κ1) is 19.7. The van der Waals surface area contributed by atoms with Crippen molar-refractivity contribution in [2.24, 2.45) is 0 Å². The SMILES string of the molecule is O=C(c1ccc(OC(F)(F)F)cc1)N1CCN(c2nc3ccccc3c(=O)[nH]2)CC1. The fraction of sp³-hybridized carbons (Fsp3) is 0.250. The van der Waals surface area contributed by atoms with Crippen LogP contribution >= 0.6 is 0 Å². The molecular weight excluding hydrogens is 401 g/mol. The van der Waals surface area contributed by atoms with Gasteiger partial charge < -0.3 is 14.5 Å². The molecule has 0 bridgehead atoms. The van der Waals surface area contributed by atoms with Gasteiger partial charge in [-0.3, -0.25) is 14.6 Å². The second-order valence-electron chi connectivity index (χ2n) is 6.76. The number of para-hydroxylation sites is 1. The number of carbonyl (C=O) groups is 1. The van der Waals surface area contributed by atoms with Crippen LogP contribution < -0.4 is 15.2 Å². The molecule has 1 amide bonds. The van der Waals surface area contributed by atoms with E-state index in [4.69, 9.17) is 0 Å². The maximum atomic E-state index is 12.6. The van der Waals surface area contributed by atoms with Gasteiger partial charge in [-0.25, -0.2) is 4.98 Å². The van der Waals surface area contributed by atoms with Crippen LogP contribution in [0.3, 0.4) is 0 Å². The first-order valence-electron chi connectivity index (χ1n) is 9.19. The van der Waals surface area contributed by atoms with Crippen molar-refractivity contribution >= 4 is 22.8 Å². The molecule has 1 aromatic heterocycles. The molecule has 1 fully saturated rings. The molecule has 30 heavy (non-hydrogen) atoms. The first-order valence-corrected chi connectivity index (χ1v) is 9.19. The highest BCUT2D eigenvalue weighted by Crippen LogP contribution is 2.23. The number of rotatable bonds is 3. The van der Waals surface area contributed by atoms with E-state index in [0.29, 0.717) is 43.0 Å². The number of nitrogens with zero attached hydrogens (tertiary/aromatic N) is 3. The summed E-state index contributed by atoms with van der Waals surface area (Å²) in [5, 5.41) is 0.507. The largest absolute Gasteiger partial charge is 0.573 e. The van der Waals surface area contributed by atoms with E-state index in [9.17, 15) is 22.8 Å². The summed E-state index contributed by atoms with van der Waals surface area (Å²) in [4.78, 5) is 35.6. The van der Waals surface area contributed by atoms with Crippen molar-refractivity contribution in [1.29, 1.82) is 0 Å². The number of carbonyl (C=O) groups excluding carboxylic acids is 1. The Labute approximate surface area is 168 Å². The molecule has 2 heterocycles. The molecule has 0 spiro atoms. The number of benzene rings is 2. The van der Waals surface area contributed by atoms with Crippen LogP contribution in [-0.2, 0) is 0 Å². The van der Waals surface area contributed by atoms with Crippen molar-refractivity contribution in [3.05, 3.63) is 64.4 Å². The molecule has 1 aliphatic rings.